The minimum Gasteiger partial charge on any atom is -0.351 e. The first-order valence-electron chi connectivity index (χ1n) is 6.77. The van der Waals surface area contributed by atoms with Gasteiger partial charge in [-0.25, -0.2) is 0 Å². The highest BCUT2D eigenvalue weighted by Gasteiger charge is 2.24. The first-order valence-corrected chi connectivity index (χ1v) is 6.77. The fourth-order valence-electron chi connectivity index (χ4n) is 2.08. The predicted molar refractivity (Wildman–Crippen MR) is 78.4 cm³/mol. The predicted octanol–water partition coefficient (Wildman–Crippen LogP) is 0.781. The molecule has 1 unspecified atom stereocenters. The maximum Gasteiger partial charge on any atom is 0.223 e. The molecule has 1 rings (SSSR count). The number of likely N-dealkylation sites (tertiary alicyclic amines) is 1. The van der Waals surface area contributed by atoms with Gasteiger partial charge in [0.25, 0.3) is 0 Å². The number of hydrogen-bond acceptors (Lipinski definition) is 3. The molecule has 0 spiro atoms. The number of piperidine rings is 1. The van der Waals surface area contributed by atoms with Crippen LogP contribution in [0.1, 0.15) is 33.1 Å². The van der Waals surface area contributed by atoms with Crippen LogP contribution in [0.4, 0.5) is 0 Å². The summed E-state index contributed by atoms with van der Waals surface area (Å²) in [7, 11) is 1.84. The van der Waals surface area contributed by atoms with Crippen molar-refractivity contribution in [3.05, 3.63) is 0 Å². The van der Waals surface area contributed by atoms with Gasteiger partial charge < -0.3 is 15.5 Å². The Labute approximate surface area is 121 Å². The Morgan fingerprint density at radius 2 is 2.05 bits per heavy atom. The quantitative estimate of drug-likeness (QED) is 0.787. The average molecular weight is 292 g/mol. The van der Waals surface area contributed by atoms with E-state index in [0.717, 1.165) is 19.4 Å². The zero-order valence-electron chi connectivity index (χ0n) is 12.1. The van der Waals surface area contributed by atoms with Gasteiger partial charge in [0.15, 0.2) is 0 Å². The number of nitrogens with one attached hydrogen (secondary N) is 2. The van der Waals surface area contributed by atoms with E-state index in [-0.39, 0.29) is 36.2 Å². The number of halogens is 1. The zero-order valence-corrected chi connectivity index (χ0v) is 12.9. The van der Waals surface area contributed by atoms with E-state index in [1.807, 2.05) is 25.8 Å². The fourth-order valence-corrected chi connectivity index (χ4v) is 2.08. The minimum absolute atomic E-state index is 0. The van der Waals surface area contributed by atoms with Gasteiger partial charge in [0.2, 0.25) is 11.8 Å². The Hall–Kier alpha value is -0.810. The van der Waals surface area contributed by atoms with Crippen LogP contribution in [0.15, 0.2) is 0 Å². The first-order chi connectivity index (χ1) is 8.54. The Bertz CT molecular complexity index is 298. The van der Waals surface area contributed by atoms with Crippen LogP contribution in [-0.4, -0.2) is 49.4 Å². The molecule has 19 heavy (non-hydrogen) atoms. The van der Waals surface area contributed by atoms with Gasteiger partial charge in [-0.05, 0) is 19.9 Å². The van der Waals surface area contributed by atoms with Crippen molar-refractivity contribution < 1.29 is 9.59 Å². The van der Waals surface area contributed by atoms with E-state index in [1.165, 1.54) is 0 Å². The number of amides is 2. The SMILES string of the molecule is CNCCC(=O)N1CCCC(NC(=O)C(C)C)C1.Cl. The van der Waals surface area contributed by atoms with Crippen molar-refractivity contribution in [2.45, 2.75) is 39.2 Å². The Kier molecular flexibility index (Phi) is 8.76. The second-order valence-corrected chi connectivity index (χ2v) is 5.20. The molecule has 0 saturated carbocycles. The van der Waals surface area contributed by atoms with Crippen LogP contribution in [0.5, 0.6) is 0 Å². The maximum atomic E-state index is 11.9. The normalized spacial score (nSPS) is 18.9. The fraction of sp³-hybridized carbons (Fsp3) is 0.846. The van der Waals surface area contributed by atoms with Crippen LogP contribution in [0.3, 0.4) is 0 Å². The van der Waals surface area contributed by atoms with Crippen molar-refractivity contribution in [2.24, 2.45) is 5.92 Å². The number of rotatable bonds is 5. The monoisotopic (exact) mass is 291 g/mol. The van der Waals surface area contributed by atoms with Crippen molar-refractivity contribution in [1.82, 2.24) is 15.5 Å². The lowest BCUT2D eigenvalue weighted by Gasteiger charge is -2.33. The smallest absolute Gasteiger partial charge is 0.223 e. The molecule has 1 fully saturated rings. The van der Waals surface area contributed by atoms with Crippen molar-refractivity contribution in [2.75, 3.05) is 26.7 Å². The number of nitrogens with zero attached hydrogens (tertiary/aromatic N) is 1. The first kappa shape index (κ1) is 18.2. The summed E-state index contributed by atoms with van der Waals surface area (Å²) < 4.78 is 0. The van der Waals surface area contributed by atoms with Crippen molar-refractivity contribution >= 4 is 24.2 Å². The molecular formula is C13H26ClN3O2. The van der Waals surface area contributed by atoms with E-state index in [1.54, 1.807) is 0 Å². The van der Waals surface area contributed by atoms with Crippen molar-refractivity contribution in [3.63, 3.8) is 0 Å². The number of carbonyl (C=O) groups excluding carboxylic acids is 2. The van der Waals surface area contributed by atoms with Gasteiger partial charge in [0.05, 0.1) is 0 Å². The van der Waals surface area contributed by atoms with Crippen LogP contribution >= 0.6 is 12.4 Å². The molecular weight excluding hydrogens is 266 g/mol. The summed E-state index contributed by atoms with van der Waals surface area (Å²) >= 11 is 0. The van der Waals surface area contributed by atoms with Crippen LogP contribution in [0.25, 0.3) is 0 Å². The lowest BCUT2D eigenvalue weighted by molar-refractivity contribution is -0.133. The summed E-state index contributed by atoms with van der Waals surface area (Å²) in [6.07, 6.45) is 2.46. The molecule has 2 amide bonds. The molecule has 1 aliphatic rings. The molecule has 0 aromatic rings. The summed E-state index contributed by atoms with van der Waals surface area (Å²) in [6, 6.07) is 0.118. The molecule has 1 atom stereocenters. The molecule has 5 nitrogen and oxygen atoms in total. The van der Waals surface area contributed by atoms with E-state index >= 15 is 0 Å². The summed E-state index contributed by atoms with van der Waals surface area (Å²) in [5, 5.41) is 5.99. The van der Waals surface area contributed by atoms with Crippen LogP contribution in [0.2, 0.25) is 0 Å². The Balaban J connectivity index is 0.00000324. The summed E-state index contributed by atoms with van der Waals surface area (Å²) in [4.78, 5) is 25.4. The Morgan fingerprint density at radius 1 is 1.37 bits per heavy atom. The highest BCUT2D eigenvalue weighted by molar-refractivity contribution is 5.85. The van der Waals surface area contributed by atoms with Crippen LogP contribution < -0.4 is 10.6 Å². The van der Waals surface area contributed by atoms with Gasteiger partial charge in [0.1, 0.15) is 0 Å². The molecule has 1 aliphatic heterocycles. The topological polar surface area (TPSA) is 61.4 Å². The third-order valence-electron chi connectivity index (χ3n) is 3.23. The van der Waals surface area contributed by atoms with E-state index in [9.17, 15) is 9.59 Å². The standard InChI is InChI=1S/C13H25N3O2.ClH/c1-10(2)13(18)15-11-5-4-8-16(9-11)12(17)6-7-14-3;/h10-11,14H,4-9H2,1-3H3,(H,15,18);1H. The van der Waals surface area contributed by atoms with Gasteiger partial charge in [-0.3, -0.25) is 9.59 Å². The third kappa shape index (κ3) is 6.25. The van der Waals surface area contributed by atoms with Crippen LogP contribution in [0, 0.1) is 5.92 Å². The molecule has 0 aromatic carbocycles. The van der Waals surface area contributed by atoms with Crippen LogP contribution in [-0.2, 0) is 9.59 Å². The maximum absolute atomic E-state index is 11.9. The summed E-state index contributed by atoms with van der Waals surface area (Å²) in [5.74, 6) is 0.248. The third-order valence-corrected chi connectivity index (χ3v) is 3.23. The van der Waals surface area contributed by atoms with Crippen molar-refractivity contribution in [1.29, 1.82) is 0 Å². The van der Waals surface area contributed by atoms with Gasteiger partial charge in [0, 0.05) is 38.0 Å². The minimum atomic E-state index is 0. The molecule has 1 saturated heterocycles. The molecule has 0 aromatic heterocycles. The largest absolute Gasteiger partial charge is 0.351 e. The Morgan fingerprint density at radius 3 is 2.63 bits per heavy atom. The zero-order chi connectivity index (χ0) is 13.5. The molecule has 0 radical (unpaired) electrons. The molecule has 2 N–H and O–H groups in total. The van der Waals surface area contributed by atoms with Gasteiger partial charge in [-0.2, -0.15) is 0 Å². The second kappa shape index (κ2) is 9.15. The summed E-state index contributed by atoms with van der Waals surface area (Å²) in [6.45, 7) is 5.94. The lowest BCUT2D eigenvalue weighted by Crippen LogP contribution is -2.50. The van der Waals surface area contributed by atoms with Crippen molar-refractivity contribution in [3.8, 4) is 0 Å². The van der Waals surface area contributed by atoms with Gasteiger partial charge >= 0.3 is 0 Å². The molecule has 112 valence electrons. The summed E-state index contributed by atoms with van der Waals surface area (Å²) in [5.41, 5.74) is 0. The second-order valence-electron chi connectivity index (χ2n) is 5.20. The van der Waals surface area contributed by atoms with E-state index in [4.69, 9.17) is 0 Å². The molecule has 0 aliphatic carbocycles. The van der Waals surface area contributed by atoms with Gasteiger partial charge in [-0.15, -0.1) is 12.4 Å². The average Bonchev–Trinajstić information content (AvgIpc) is 2.36. The highest BCUT2D eigenvalue weighted by atomic mass is 35.5. The number of hydrogen-bond donors (Lipinski definition) is 2. The molecule has 0 bridgehead atoms. The van der Waals surface area contributed by atoms with Gasteiger partial charge in [-0.1, -0.05) is 13.8 Å². The highest BCUT2D eigenvalue weighted by Crippen LogP contribution is 2.11. The van der Waals surface area contributed by atoms with E-state index < -0.39 is 0 Å². The van der Waals surface area contributed by atoms with E-state index in [2.05, 4.69) is 10.6 Å². The lowest BCUT2D eigenvalue weighted by atomic mass is 10.0. The van der Waals surface area contributed by atoms with E-state index in [0.29, 0.717) is 19.5 Å². The number of carbonyl (C=O) groups is 2. The molecule has 1 heterocycles. The molecule has 6 heteroatoms.